The first-order valence-corrected chi connectivity index (χ1v) is 37.5. The molecular formula is C84H78Cl6F6N6O16. The van der Waals surface area contributed by atoms with Crippen LogP contribution in [0.5, 0.6) is 0 Å². The molecule has 624 valence electrons. The maximum absolute atomic E-state index is 14.2. The van der Waals surface area contributed by atoms with Crippen molar-refractivity contribution < 1.29 is 103 Å². The molecule has 0 aliphatic carbocycles. The second-order valence-corrected chi connectivity index (χ2v) is 31.9. The van der Waals surface area contributed by atoms with E-state index in [0.29, 0.717) is 46.0 Å². The number of benzene rings is 8. The van der Waals surface area contributed by atoms with Gasteiger partial charge >= 0.3 is 35.8 Å². The van der Waals surface area contributed by atoms with Crippen molar-refractivity contribution in [3.05, 3.63) is 256 Å². The van der Waals surface area contributed by atoms with E-state index in [0.717, 1.165) is 32.6 Å². The summed E-state index contributed by atoms with van der Waals surface area (Å²) in [6.45, 7) is 18.1. The molecule has 0 fully saturated rings. The minimum absolute atomic E-state index is 0.0168. The summed E-state index contributed by atoms with van der Waals surface area (Å²) in [7, 11) is 2.40. The Morgan fingerprint density at radius 1 is 0.339 bits per heavy atom. The second-order valence-electron chi connectivity index (χ2n) is 29.4. The van der Waals surface area contributed by atoms with Crippen molar-refractivity contribution in [1.82, 2.24) is 9.97 Å². The molecule has 0 spiro atoms. The molecular weight excluding hydrogens is 1680 g/mol. The fourth-order valence-corrected chi connectivity index (χ4v) is 13.0. The standard InChI is InChI=1S/C21H19Cl3N2O3.C21H20Cl3NO5.C21H19F3N2O3.C21H20F3NO5/c1-21(2,3)29-17(27)11-26(16-6-4-5-12-7-8-25-19(12)16)20(28)18-14(23)9-13(22)10-15(18)24;1-21(2,3)30-17(26)11-25(14-7-5-6-12(8-14)20(28)29-4)19(27)18-15(23)9-13(22)10-16(18)24;1-21(2,3)29-17(27)11-26(16-6-4-5-12-7-8-25-19(12)16)20(28)18-14(23)9-13(22)10-15(18)24;1-21(2,3)30-17(26)11-25(14-7-5-6-12(8-14)20(28)29-4)19(27)18-15(23)9-13(22)10-16(18)24/h4-10,25H,11H2,1-3H3;5-10H,11H2,1-4H3;4-10,25H,11H2,1-3H3;5-10H,11H2,1-4H3. The van der Waals surface area contributed by atoms with Gasteiger partial charge in [0.1, 0.15) is 94.6 Å². The van der Waals surface area contributed by atoms with E-state index < -0.39 is 148 Å². The van der Waals surface area contributed by atoms with E-state index in [1.807, 2.05) is 12.1 Å². The number of nitrogens with zero attached hydrogens (tertiary/aromatic N) is 4. The summed E-state index contributed by atoms with van der Waals surface area (Å²) in [5.74, 6) is -15.7. The molecule has 0 saturated heterocycles. The minimum atomic E-state index is -1.43. The molecule has 118 heavy (non-hydrogen) atoms. The number of fused-ring (bicyclic) bond motifs is 2. The van der Waals surface area contributed by atoms with E-state index in [9.17, 15) is 74.3 Å². The van der Waals surface area contributed by atoms with Crippen LogP contribution in [0.25, 0.3) is 21.8 Å². The molecule has 0 radical (unpaired) electrons. The molecule has 10 rings (SSSR count). The van der Waals surface area contributed by atoms with Crippen LogP contribution in [0.15, 0.2) is 158 Å². The summed E-state index contributed by atoms with van der Waals surface area (Å²) in [4.78, 5) is 136. The van der Waals surface area contributed by atoms with Crippen molar-refractivity contribution >= 4 is 174 Å². The van der Waals surface area contributed by atoms with Gasteiger partial charge in [-0.1, -0.05) is 106 Å². The van der Waals surface area contributed by atoms with Crippen molar-refractivity contribution in [3.8, 4) is 0 Å². The van der Waals surface area contributed by atoms with Crippen LogP contribution < -0.4 is 19.6 Å². The summed E-state index contributed by atoms with van der Waals surface area (Å²) in [6, 6.07) is 32.6. The summed E-state index contributed by atoms with van der Waals surface area (Å²) < 4.78 is 114. The predicted octanol–water partition coefficient (Wildman–Crippen LogP) is 20.0. The number of hydrogen-bond donors (Lipinski definition) is 2. The van der Waals surface area contributed by atoms with Crippen molar-refractivity contribution in [2.75, 3.05) is 60.0 Å². The fraction of sp³-hybridized carbons (Fsp3) is 0.262. The third-order valence-corrected chi connectivity index (χ3v) is 17.2. The highest BCUT2D eigenvalue weighted by Crippen LogP contribution is 2.37. The van der Waals surface area contributed by atoms with Crippen LogP contribution in [0.4, 0.5) is 49.1 Å². The van der Waals surface area contributed by atoms with E-state index in [-0.39, 0.29) is 71.0 Å². The molecule has 2 aromatic heterocycles. The highest BCUT2D eigenvalue weighted by Gasteiger charge is 2.35. The van der Waals surface area contributed by atoms with Crippen molar-refractivity contribution in [1.29, 1.82) is 0 Å². The maximum Gasteiger partial charge on any atom is 0.337 e. The van der Waals surface area contributed by atoms with Crippen molar-refractivity contribution in [2.45, 2.75) is 105 Å². The zero-order valence-corrected chi connectivity index (χ0v) is 70.2. The first-order valence-electron chi connectivity index (χ1n) is 35.2. The summed E-state index contributed by atoms with van der Waals surface area (Å²) in [5.41, 5.74) is -2.73. The molecule has 0 saturated carbocycles. The van der Waals surface area contributed by atoms with Gasteiger partial charge in [-0.25, -0.2) is 35.9 Å². The zero-order valence-electron chi connectivity index (χ0n) is 65.7. The molecule has 0 unspecified atom stereocenters. The number of carbonyl (C=O) groups excluding carboxylic acids is 10. The Labute approximate surface area is 703 Å². The molecule has 0 atom stereocenters. The number of esters is 6. The van der Waals surface area contributed by atoms with Gasteiger partial charge in [0.2, 0.25) is 0 Å². The molecule has 0 aliphatic heterocycles. The number of halogens is 12. The van der Waals surface area contributed by atoms with Crippen LogP contribution in [-0.2, 0) is 47.6 Å². The molecule has 0 bridgehead atoms. The topological polar surface area (TPSA) is 271 Å². The number of para-hydroxylation sites is 2. The van der Waals surface area contributed by atoms with Crippen molar-refractivity contribution in [2.24, 2.45) is 0 Å². The number of nitrogens with one attached hydrogen (secondary N) is 2. The van der Waals surface area contributed by atoms with Gasteiger partial charge < -0.3 is 38.4 Å². The van der Waals surface area contributed by atoms with Gasteiger partial charge in [-0.05, 0) is 168 Å². The number of methoxy groups -OCH3 is 2. The highest BCUT2D eigenvalue weighted by molar-refractivity contribution is 6.44. The Hall–Kier alpha value is -11.1. The first-order chi connectivity index (χ1) is 55.0. The number of rotatable bonds is 18. The predicted molar refractivity (Wildman–Crippen MR) is 438 cm³/mol. The lowest BCUT2D eigenvalue weighted by Crippen LogP contribution is -2.39. The van der Waals surface area contributed by atoms with Crippen molar-refractivity contribution in [3.63, 3.8) is 0 Å². The van der Waals surface area contributed by atoms with Crippen LogP contribution in [0, 0.1) is 34.9 Å². The Morgan fingerprint density at radius 2 is 0.602 bits per heavy atom. The summed E-state index contributed by atoms with van der Waals surface area (Å²) >= 11 is 36.8. The van der Waals surface area contributed by atoms with E-state index in [1.54, 1.807) is 138 Å². The van der Waals surface area contributed by atoms with Gasteiger partial charge in [0.25, 0.3) is 23.6 Å². The summed E-state index contributed by atoms with van der Waals surface area (Å²) in [6.07, 6.45) is 3.38. The second kappa shape index (κ2) is 39.9. The number of carbonyl (C=O) groups is 10. The number of H-pyrrole nitrogens is 2. The molecule has 8 aromatic carbocycles. The molecule has 2 N–H and O–H groups in total. The van der Waals surface area contributed by atoms with Crippen LogP contribution in [0.2, 0.25) is 30.1 Å². The van der Waals surface area contributed by atoms with E-state index in [1.165, 1.54) is 78.7 Å². The average Bonchev–Trinajstić information content (AvgIpc) is 0.828. The Kier molecular flexibility index (Phi) is 31.8. The van der Waals surface area contributed by atoms with Gasteiger partial charge in [-0.15, -0.1) is 0 Å². The van der Waals surface area contributed by atoms with Gasteiger partial charge in [-0.3, -0.25) is 58.0 Å². The van der Waals surface area contributed by atoms with E-state index in [4.69, 9.17) is 93.3 Å². The summed E-state index contributed by atoms with van der Waals surface area (Å²) in [5, 5.41) is 2.42. The van der Waals surface area contributed by atoms with Crippen LogP contribution in [0.3, 0.4) is 0 Å². The van der Waals surface area contributed by atoms with E-state index in [2.05, 4.69) is 14.7 Å². The lowest BCUT2D eigenvalue weighted by Gasteiger charge is -2.26. The van der Waals surface area contributed by atoms with E-state index >= 15 is 0 Å². The van der Waals surface area contributed by atoms with Gasteiger partial charge in [0, 0.05) is 68.9 Å². The molecule has 2 heterocycles. The number of hydrogen-bond acceptors (Lipinski definition) is 16. The molecule has 0 aliphatic rings. The fourth-order valence-electron chi connectivity index (χ4n) is 11.1. The smallest absolute Gasteiger partial charge is 0.337 e. The molecule has 10 aromatic rings. The van der Waals surface area contributed by atoms with Crippen LogP contribution >= 0.6 is 69.6 Å². The third-order valence-electron chi connectivity index (χ3n) is 15.6. The number of amides is 4. The number of aromatic amines is 2. The molecule has 4 amide bonds. The van der Waals surface area contributed by atoms with Gasteiger partial charge in [0.05, 0.1) is 79.0 Å². The Balaban J connectivity index is 0.000000217. The number of ether oxygens (including phenoxy) is 6. The Bertz CT molecular complexity index is 5060. The number of anilines is 4. The van der Waals surface area contributed by atoms with Gasteiger partial charge in [-0.2, -0.15) is 0 Å². The lowest BCUT2D eigenvalue weighted by molar-refractivity contribution is -0.154. The average molecular weight is 1750 g/mol. The molecule has 22 nitrogen and oxygen atoms in total. The maximum atomic E-state index is 14.2. The monoisotopic (exact) mass is 1750 g/mol. The lowest BCUT2D eigenvalue weighted by atomic mass is 10.1. The Morgan fingerprint density at radius 3 is 0.890 bits per heavy atom. The highest BCUT2D eigenvalue weighted by atomic mass is 35.5. The first kappa shape index (κ1) is 94.0. The zero-order chi connectivity index (χ0) is 88.0. The van der Waals surface area contributed by atoms with Gasteiger partial charge in [0.15, 0.2) is 0 Å². The van der Waals surface area contributed by atoms with Crippen LogP contribution in [-0.4, -0.2) is 132 Å². The van der Waals surface area contributed by atoms with Crippen LogP contribution in [0.1, 0.15) is 145 Å². The largest absolute Gasteiger partial charge is 0.465 e. The molecule has 34 heteroatoms. The minimum Gasteiger partial charge on any atom is -0.465 e. The normalized spacial score (nSPS) is 11.3. The SMILES string of the molecule is CC(C)(C)OC(=O)CN(C(=O)c1c(Cl)cc(Cl)cc1Cl)c1cccc2cc[nH]c12.CC(C)(C)OC(=O)CN(C(=O)c1c(F)cc(F)cc1F)c1cccc2cc[nH]c12.COC(=O)c1cccc(N(CC(=O)OC(C)(C)C)C(=O)c2c(Cl)cc(Cl)cc2Cl)c1.COC(=O)c1cccc(N(CC(=O)OC(C)(C)C)C(=O)c2c(F)cc(F)cc2F)c1. The quantitative estimate of drug-likeness (QED) is 0.0459. The number of aromatic nitrogens is 2. The third kappa shape index (κ3) is 25.9.